The smallest absolute Gasteiger partial charge is 0.124 e. The van der Waals surface area contributed by atoms with Gasteiger partial charge < -0.3 is 5.32 Å². The molecule has 1 rings (SSSR count). The molecule has 0 saturated carbocycles. The van der Waals surface area contributed by atoms with Crippen molar-refractivity contribution in [3.63, 3.8) is 0 Å². The van der Waals surface area contributed by atoms with Crippen molar-refractivity contribution in [2.24, 2.45) is 5.41 Å². The van der Waals surface area contributed by atoms with E-state index in [4.69, 9.17) is 0 Å². The van der Waals surface area contributed by atoms with E-state index in [9.17, 15) is 4.39 Å². The van der Waals surface area contributed by atoms with E-state index >= 15 is 0 Å². The molecular formula is C13H19BrFN. The number of benzene rings is 1. The van der Waals surface area contributed by atoms with E-state index in [1.807, 2.05) is 13.1 Å². The molecule has 90 valence electrons. The second-order valence-electron chi connectivity index (χ2n) is 4.97. The Morgan fingerprint density at radius 1 is 1.31 bits per heavy atom. The van der Waals surface area contributed by atoms with Crippen LogP contribution in [0.4, 0.5) is 4.39 Å². The van der Waals surface area contributed by atoms with Crippen molar-refractivity contribution >= 4 is 15.9 Å². The summed E-state index contributed by atoms with van der Waals surface area (Å²) >= 11 is 3.32. The average Bonchev–Trinajstić information content (AvgIpc) is 2.12. The molecule has 0 bridgehead atoms. The molecule has 1 nitrogen and oxygen atoms in total. The Morgan fingerprint density at radius 3 is 2.56 bits per heavy atom. The molecule has 16 heavy (non-hydrogen) atoms. The van der Waals surface area contributed by atoms with E-state index in [0.29, 0.717) is 0 Å². The largest absolute Gasteiger partial charge is 0.320 e. The van der Waals surface area contributed by atoms with Crippen molar-refractivity contribution in [2.75, 3.05) is 13.6 Å². The van der Waals surface area contributed by atoms with Crippen molar-refractivity contribution in [1.82, 2.24) is 5.32 Å². The van der Waals surface area contributed by atoms with Gasteiger partial charge in [-0.2, -0.15) is 0 Å². The Labute approximate surface area is 106 Å². The molecule has 3 heteroatoms. The van der Waals surface area contributed by atoms with Crippen LogP contribution in [0.25, 0.3) is 0 Å². The first-order valence-electron chi connectivity index (χ1n) is 5.52. The lowest BCUT2D eigenvalue weighted by molar-refractivity contribution is 0.329. The molecule has 0 saturated heterocycles. The van der Waals surface area contributed by atoms with E-state index in [0.717, 1.165) is 29.4 Å². The maximum atomic E-state index is 13.2. The number of rotatable bonds is 5. The van der Waals surface area contributed by atoms with Gasteiger partial charge in [-0.15, -0.1) is 0 Å². The fraction of sp³-hybridized carbons (Fsp3) is 0.538. The minimum Gasteiger partial charge on any atom is -0.320 e. The normalized spacial score (nSPS) is 11.8. The summed E-state index contributed by atoms with van der Waals surface area (Å²) in [6, 6.07) is 5.10. The quantitative estimate of drug-likeness (QED) is 0.869. The summed E-state index contributed by atoms with van der Waals surface area (Å²) in [6.07, 6.45) is 1.97. The Hall–Kier alpha value is -0.410. The minimum atomic E-state index is -0.172. The van der Waals surface area contributed by atoms with Crippen molar-refractivity contribution in [3.05, 3.63) is 34.1 Å². The standard InChI is InChI=1S/C13H19BrFN/c1-13(2,4-5-16-3)9-10-6-11(14)8-12(15)7-10/h6-8,16H,4-5,9H2,1-3H3. The zero-order valence-corrected chi connectivity index (χ0v) is 11.7. The molecule has 0 unspecified atom stereocenters. The lowest BCUT2D eigenvalue weighted by atomic mass is 9.82. The molecule has 1 aromatic carbocycles. The molecule has 0 aliphatic carbocycles. The van der Waals surface area contributed by atoms with Crippen LogP contribution in [0.5, 0.6) is 0 Å². The topological polar surface area (TPSA) is 12.0 Å². The van der Waals surface area contributed by atoms with Gasteiger partial charge >= 0.3 is 0 Å². The predicted octanol–water partition coefficient (Wildman–Crippen LogP) is 3.77. The maximum Gasteiger partial charge on any atom is 0.124 e. The van der Waals surface area contributed by atoms with Crippen LogP contribution in [-0.4, -0.2) is 13.6 Å². The lowest BCUT2D eigenvalue weighted by Crippen LogP contribution is -2.21. The summed E-state index contributed by atoms with van der Waals surface area (Å²) in [5.74, 6) is -0.172. The SMILES string of the molecule is CNCCC(C)(C)Cc1cc(F)cc(Br)c1. The van der Waals surface area contributed by atoms with Gasteiger partial charge in [0.05, 0.1) is 0 Å². The maximum absolute atomic E-state index is 13.2. The number of hydrogen-bond acceptors (Lipinski definition) is 1. The first-order chi connectivity index (χ1) is 7.43. The van der Waals surface area contributed by atoms with Crippen LogP contribution in [-0.2, 0) is 6.42 Å². The van der Waals surface area contributed by atoms with Crippen molar-refractivity contribution < 1.29 is 4.39 Å². The third-order valence-electron chi connectivity index (χ3n) is 2.66. The molecule has 0 heterocycles. The highest BCUT2D eigenvalue weighted by atomic mass is 79.9. The summed E-state index contributed by atoms with van der Waals surface area (Å²) in [5, 5.41) is 3.15. The van der Waals surface area contributed by atoms with Gasteiger partial charge in [0, 0.05) is 4.47 Å². The summed E-state index contributed by atoms with van der Waals surface area (Å²) in [4.78, 5) is 0. The van der Waals surface area contributed by atoms with Crippen molar-refractivity contribution in [3.8, 4) is 0 Å². The molecular weight excluding hydrogens is 269 g/mol. The molecule has 0 atom stereocenters. The highest BCUT2D eigenvalue weighted by Crippen LogP contribution is 2.27. The van der Waals surface area contributed by atoms with Crippen molar-refractivity contribution in [2.45, 2.75) is 26.7 Å². The molecule has 0 aromatic heterocycles. The van der Waals surface area contributed by atoms with Crippen LogP contribution in [0.2, 0.25) is 0 Å². The molecule has 0 spiro atoms. The average molecular weight is 288 g/mol. The predicted molar refractivity (Wildman–Crippen MR) is 70.1 cm³/mol. The highest BCUT2D eigenvalue weighted by Gasteiger charge is 2.18. The Morgan fingerprint density at radius 2 is 2.00 bits per heavy atom. The number of nitrogens with one attached hydrogen (secondary N) is 1. The fourth-order valence-corrected chi connectivity index (χ4v) is 2.33. The van der Waals surface area contributed by atoms with Gasteiger partial charge in [0.15, 0.2) is 0 Å². The lowest BCUT2D eigenvalue weighted by Gasteiger charge is -2.24. The summed E-state index contributed by atoms with van der Waals surface area (Å²) in [5.41, 5.74) is 1.24. The monoisotopic (exact) mass is 287 g/mol. The summed E-state index contributed by atoms with van der Waals surface area (Å²) in [7, 11) is 1.95. The molecule has 0 amide bonds. The Bertz CT molecular complexity index is 330. The second-order valence-corrected chi connectivity index (χ2v) is 5.89. The minimum absolute atomic E-state index is 0.172. The van der Waals surface area contributed by atoms with Crippen LogP contribution < -0.4 is 5.32 Å². The van der Waals surface area contributed by atoms with Gasteiger partial charge in [-0.1, -0.05) is 29.8 Å². The van der Waals surface area contributed by atoms with Crippen LogP contribution in [0.3, 0.4) is 0 Å². The molecule has 0 fully saturated rings. The third-order valence-corrected chi connectivity index (χ3v) is 3.11. The van der Waals surface area contributed by atoms with Crippen LogP contribution in [0, 0.1) is 11.2 Å². The van der Waals surface area contributed by atoms with Crippen molar-refractivity contribution in [1.29, 1.82) is 0 Å². The number of hydrogen-bond donors (Lipinski definition) is 1. The summed E-state index contributed by atoms with van der Waals surface area (Å²) in [6.45, 7) is 5.41. The molecule has 1 N–H and O–H groups in total. The van der Waals surface area contributed by atoms with E-state index in [1.54, 1.807) is 6.07 Å². The zero-order valence-electron chi connectivity index (χ0n) is 10.1. The summed E-state index contributed by atoms with van der Waals surface area (Å²) < 4.78 is 14.0. The first-order valence-corrected chi connectivity index (χ1v) is 6.32. The van der Waals surface area contributed by atoms with E-state index in [1.165, 1.54) is 6.07 Å². The van der Waals surface area contributed by atoms with E-state index in [-0.39, 0.29) is 11.2 Å². The third kappa shape index (κ3) is 4.62. The van der Waals surface area contributed by atoms with Gasteiger partial charge in [-0.05, 0) is 55.6 Å². The van der Waals surface area contributed by atoms with Crippen LogP contribution in [0.1, 0.15) is 25.8 Å². The number of halogens is 2. The molecule has 1 aromatic rings. The van der Waals surface area contributed by atoms with E-state index < -0.39 is 0 Å². The highest BCUT2D eigenvalue weighted by molar-refractivity contribution is 9.10. The molecule has 0 aliphatic rings. The Balaban J connectivity index is 2.71. The van der Waals surface area contributed by atoms with Gasteiger partial charge in [-0.25, -0.2) is 4.39 Å². The zero-order chi connectivity index (χ0) is 12.2. The van der Waals surface area contributed by atoms with Gasteiger partial charge in [0.25, 0.3) is 0 Å². The van der Waals surface area contributed by atoms with Gasteiger partial charge in [0.2, 0.25) is 0 Å². The molecule has 0 radical (unpaired) electrons. The van der Waals surface area contributed by atoms with Gasteiger partial charge in [0.1, 0.15) is 5.82 Å². The Kier molecular flexibility index (Phi) is 4.93. The van der Waals surface area contributed by atoms with Crippen LogP contribution in [0.15, 0.2) is 22.7 Å². The fourth-order valence-electron chi connectivity index (χ4n) is 1.82. The second kappa shape index (κ2) is 5.78. The van der Waals surface area contributed by atoms with E-state index in [2.05, 4.69) is 35.1 Å². The molecule has 0 aliphatic heterocycles. The van der Waals surface area contributed by atoms with Gasteiger partial charge in [-0.3, -0.25) is 0 Å². The first kappa shape index (κ1) is 13.7. The van der Waals surface area contributed by atoms with Crippen LogP contribution >= 0.6 is 15.9 Å².